The number of likely N-dealkylation sites (N-methyl/N-ethyl adjacent to an activating group) is 1. The lowest BCUT2D eigenvalue weighted by Gasteiger charge is -2.31. The van der Waals surface area contributed by atoms with Gasteiger partial charge in [-0.2, -0.15) is 9.40 Å². The Morgan fingerprint density at radius 3 is 2.49 bits per heavy atom. The van der Waals surface area contributed by atoms with E-state index in [-0.39, 0.29) is 29.3 Å². The van der Waals surface area contributed by atoms with Crippen molar-refractivity contribution in [2.24, 2.45) is 0 Å². The number of carbonyl (C=O) groups excluding carboxylic acids is 1. The Bertz CT molecular complexity index is 1340. The Hall–Kier alpha value is -3.54. The van der Waals surface area contributed by atoms with Gasteiger partial charge in [0.1, 0.15) is 18.1 Å². The first-order valence-electron chi connectivity index (χ1n) is 11.2. The summed E-state index contributed by atoms with van der Waals surface area (Å²) in [6.07, 6.45) is 0. The normalized spacial score (nSPS) is 15.0. The summed E-state index contributed by atoms with van der Waals surface area (Å²) < 4.78 is 34.2. The Labute approximate surface area is 203 Å². The van der Waals surface area contributed by atoms with E-state index >= 15 is 0 Å². The first-order chi connectivity index (χ1) is 16.8. The molecule has 1 aliphatic heterocycles. The van der Waals surface area contributed by atoms with Gasteiger partial charge in [0.25, 0.3) is 11.5 Å². The van der Waals surface area contributed by atoms with Crippen molar-refractivity contribution in [3.63, 3.8) is 0 Å². The fourth-order valence-electron chi connectivity index (χ4n) is 3.60. The summed E-state index contributed by atoms with van der Waals surface area (Å²) in [6.45, 7) is 2.51. The lowest BCUT2D eigenvalue weighted by Crippen LogP contribution is -2.47. The van der Waals surface area contributed by atoms with Crippen molar-refractivity contribution >= 4 is 21.6 Å². The molecule has 2 heterocycles. The molecule has 0 unspecified atom stereocenters. The van der Waals surface area contributed by atoms with Crippen LogP contribution in [0.4, 0.5) is 5.69 Å². The SMILES string of the molecule is CN1CCN(S(=O)(=O)c2cccc(NC(=O)c3ccc(=O)n(CCOc4ccccc4)n3)c2)CC1. The smallest absolute Gasteiger partial charge is 0.276 e. The minimum absolute atomic E-state index is 0.0247. The number of aromatic nitrogens is 2. The minimum atomic E-state index is -3.67. The number of amides is 1. The molecule has 1 saturated heterocycles. The van der Waals surface area contributed by atoms with Crippen LogP contribution in [0.1, 0.15) is 10.5 Å². The lowest BCUT2D eigenvalue weighted by atomic mass is 10.3. The Balaban J connectivity index is 1.43. The van der Waals surface area contributed by atoms with Crippen LogP contribution in [0.5, 0.6) is 5.75 Å². The second kappa shape index (κ2) is 10.8. The van der Waals surface area contributed by atoms with Crippen molar-refractivity contribution in [1.29, 1.82) is 0 Å². The van der Waals surface area contributed by atoms with Crippen LogP contribution < -0.4 is 15.6 Å². The molecule has 184 valence electrons. The molecule has 0 bridgehead atoms. The van der Waals surface area contributed by atoms with E-state index in [4.69, 9.17) is 4.74 Å². The molecule has 3 aromatic rings. The van der Waals surface area contributed by atoms with E-state index in [0.29, 0.717) is 37.6 Å². The standard InChI is InChI=1S/C24H27N5O5S/c1-27-12-14-28(15-13-27)35(32,33)21-9-5-6-19(18-21)25-24(31)22-10-11-23(30)29(26-22)16-17-34-20-7-3-2-4-8-20/h2-11,18H,12-17H2,1H3,(H,25,31). The largest absolute Gasteiger partial charge is 0.492 e. The van der Waals surface area contributed by atoms with Crippen LogP contribution in [0.2, 0.25) is 0 Å². The summed E-state index contributed by atoms with van der Waals surface area (Å²) in [7, 11) is -1.72. The Morgan fingerprint density at radius 1 is 1.00 bits per heavy atom. The molecule has 0 radical (unpaired) electrons. The van der Waals surface area contributed by atoms with Gasteiger partial charge in [-0.05, 0) is 43.4 Å². The Kier molecular flexibility index (Phi) is 7.59. The molecule has 2 aromatic carbocycles. The highest BCUT2D eigenvalue weighted by Crippen LogP contribution is 2.21. The van der Waals surface area contributed by atoms with E-state index in [0.717, 1.165) is 4.68 Å². The zero-order valence-corrected chi connectivity index (χ0v) is 20.1. The maximum Gasteiger partial charge on any atom is 0.276 e. The van der Waals surface area contributed by atoms with Crippen LogP contribution in [-0.2, 0) is 16.6 Å². The van der Waals surface area contributed by atoms with E-state index in [1.807, 2.05) is 25.2 Å². The fourth-order valence-corrected chi connectivity index (χ4v) is 5.07. The number of carbonyl (C=O) groups is 1. The van der Waals surface area contributed by atoms with Crippen LogP contribution in [0.15, 0.2) is 76.4 Å². The van der Waals surface area contributed by atoms with Gasteiger partial charge in [0.2, 0.25) is 10.0 Å². The molecule has 0 aliphatic carbocycles. The number of hydrogen-bond donors (Lipinski definition) is 1. The molecule has 1 fully saturated rings. The highest BCUT2D eigenvalue weighted by molar-refractivity contribution is 7.89. The number of piperazine rings is 1. The van der Waals surface area contributed by atoms with E-state index in [1.165, 1.54) is 28.6 Å². The number of ether oxygens (including phenoxy) is 1. The molecule has 0 atom stereocenters. The van der Waals surface area contributed by atoms with E-state index < -0.39 is 15.9 Å². The number of rotatable bonds is 8. The summed E-state index contributed by atoms with van der Waals surface area (Å²) in [5.74, 6) is 0.109. The van der Waals surface area contributed by atoms with Crippen LogP contribution >= 0.6 is 0 Å². The van der Waals surface area contributed by atoms with Gasteiger partial charge in [-0.1, -0.05) is 24.3 Å². The van der Waals surface area contributed by atoms with Gasteiger partial charge in [0, 0.05) is 37.9 Å². The van der Waals surface area contributed by atoms with Gasteiger partial charge in [-0.15, -0.1) is 0 Å². The average molecular weight is 498 g/mol. The molecule has 1 amide bonds. The van der Waals surface area contributed by atoms with Crippen molar-refractivity contribution in [3.05, 3.63) is 82.8 Å². The second-order valence-corrected chi connectivity index (χ2v) is 10.1. The summed E-state index contributed by atoms with van der Waals surface area (Å²) in [5, 5.41) is 6.80. The number of nitrogens with zero attached hydrogens (tertiary/aromatic N) is 4. The van der Waals surface area contributed by atoms with E-state index in [9.17, 15) is 18.0 Å². The quantitative estimate of drug-likeness (QED) is 0.502. The maximum absolute atomic E-state index is 13.0. The number of nitrogens with one attached hydrogen (secondary N) is 1. The number of sulfonamides is 1. The fraction of sp³-hybridized carbons (Fsp3) is 0.292. The number of hydrogen-bond acceptors (Lipinski definition) is 7. The molecule has 4 rings (SSSR count). The number of anilines is 1. The predicted molar refractivity (Wildman–Crippen MR) is 131 cm³/mol. The average Bonchev–Trinajstić information content (AvgIpc) is 2.86. The molecule has 35 heavy (non-hydrogen) atoms. The summed E-state index contributed by atoms with van der Waals surface area (Å²) in [4.78, 5) is 27.1. The minimum Gasteiger partial charge on any atom is -0.492 e. The van der Waals surface area contributed by atoms with Crippen molar-refractivity contribution in [1.82, 2.24) is 19.0 Å². The Morgan fingerprint density at radius 2 is 1.74 bits per heavy atom. The van der Waals surface area contributed by atoms with Crippen LogP contribution in [0.25, 0.3) is 0 Å². The highest BCUT2D eigenvalue weighted by atomic mass is 32.2. The zero-order chi connectivity index (χ0) is 24.8. The summed E-state index contributed by atoms with van der Waals surface area (Å²) >= 11 is 0. The molecule has 1 aliphatic rings. The third kappa shape index (κ3) is 6.13. The van der Waals surface area contributed by atoms with Crippen molar-refractivity contribution in [2.45, 2.75) is 11.4 Å². The van der Waals surface area contributed by atoms with Gasteiger partial charge in [0.05, 0.1) is 11.4 Å². The molecule has 1 N–H and O–H groups in total. The van der Waals surface area contributed by atoms with Gasteiger partial charge in [0.15, 0.2) is 0 Å². The van der Waals surface area contributed by atoms with E-state index in [2.05, 4.69) is 15.3 Å². The zero-order valence-electron chi connectivity index (χ0n) is 19.3. The van der Waals surface area contributed by atoms with Gasteiger partial charge >= 0.3 is 0 Å². The van der Waals surface area contributed by atoms with Crippen molar-refractivity contribution in [3.8, 4) is 5.75 Å². The predicted octanol–water partition coefficient (Wildman–Crippen LogP) is 1.51. The molecule has 0 spiro atoms. The molecule has 1 aromatic heterocycles. The van der Waals surface area contributed by atoms with Crippen LogP contribution in [0.3, 0.4) is 0 Å². The van der Waals surface area contributed by atoms with Gasteiger partial charge < -0.3 is 15.0 Å². The van der Waals surface area contributed by atoms with Gasteiger partial charge in [-0.3, -0.25) is 9.59 Å². The molecule has 11 heteroatoms. The summed E-state index contributed by atoms with van der Waals surface area (Å²) in [6, 6.07) is 17.9. The molecular formula is C24H27N5O5S. The first kappa shape index (κ1) is 24.6. The second-order valence-electron chi connectivity index (χ2n) is 8.13. The van der Waals surface area contributed by atoms with Crippen molar-refractivity contribution < 1.29 is 17.9 Å². The number of para-hydroxylation sites is 1. The monoisotopic (exact) mass is 497 g/mol. The number of benzene rings is 2. The van der Waals surface area contributed by atoms with Crippen molar-refractivity contribution in [2.75, 3.05) is 45.2 Å². The summed E-state index contributed by atoms with van der Waals surface area (Å²) in [5.41, 5.74) is -0.0210. The third-order valence-electron chi connectivity index (χ3n) is 5.61. The molecule has 0 saturated carbocycles. The highest BCUT2D eigenvalue weighted by Gasteiger charge is 2.27. The van der Waals surface area contributed by atoms with Crippen LogP contribution in [0, 0.1) is 0 Å². The van der Waals surface area contributed by atoms with Gasteiger partial charge in [-0.25, -0.2) is 13.1 Å². The molecular weight excluding hydrogens is 470 g/mol. The lowest BCUT2D eigenvalue weighted by molar-refractivity contribution is 0.101. The van der Waals surface area contributed by atoms with Crippen LogP contribution in [-0.4, -0.2) is 73.1 Å². The first-order valence-corrected chi connectivity index (χ1v) is 12.6. The topological polar surface area (TPSA) is 114 Å². The third-order valence-corrected chi connectivity index (χ3v) is 7.50. The maximum atomic E-state index is 13.0. The molecule has 10 nitrogen and oxygen atoms in total. The van der Waals surface area contributed by atoms with E-state index in [1.54, 1.807) is 24.3 Å².